The lowest BCUT2D eigenvalue weighted by atomic mass is 9.95. The number of likely N-dealkylation sites (tertiary alicyclic amines) is 1. The maximum absolute atomic E-state index is 12.9. The Kier molecular flexibility index (Phi) is 6.48. The summed E-state index contributed by atoms with van der Waals surface area (Å²) in [6.07, 6.45) is -3.39. The van der Waals surface area contributed by atoms with Crippen molar-refractivity contribution in [2.24, 2.45) is 5.92 Å². The van der Waals surface area contributed by atoms with E-state index in [4.69, 9.17) is 16.1 Å². The van der Waals surface area contributed by atoms with Gasteiger partial charge in [0.05, 0.1) is 22.8 Å². The third-order valence-electron chi connectivity index (χ3n) is 5.37. The zero-order valence-corrected chi connectivity index (χ0v) is 17.7. The molecule has 1 saturated heterocycles. The van der Waals surface area contributed by atoms with Gasteiger partial charge < -0.3 is 9.84 Å². The first-order valence-electron chi connectivity index (χ1n) is 10.1. The van der Waals surface area contributed by atoms with Gasteiger partial charge in [-0.3, -0.25) is 9.69 Å². The van der Waals surface area contributed by atoms with Gasteiger partial charge in [0.1, 0.15) is 0 Å². The zero-order chi connectivity index (χ0) is 22.7. The molecule has 0 radical (unpaired) electrons. The summed E-state index contributed by atoms with van der Waals surface area (Å²) >= 11 is 5.98. The molecule has 1 aromatic heterocycles. The van der Waals surface area contributed by atoms with Crippen LogP contribution in [0, 0.1) is 5.92 Å². The summed E-state index contributed by atoms with van der Waals surface area (Å²) in [4.78, 5) is 19.1. The molecule has 4 rings (SSSR count). The molecule has 0 unspecified atom stereocenters. The lowest BCUT2D eigenvalue weighted by Gasteiger charge is -2.30. The first kappa shape index (κ1) is 22.3. The quantitative estimate of drug-likeness (QED) is 0.557. The Labute approximate surface area is 187 Å². The number of benzene rings is 2. The molecule has 6 nitrogen and oxygen atoms in total. The van der Waals surface area contributed by atoms with Crippen molar-refractivity contribution >= 4 is 23.2 Å². The number of aromatic nitrogens is 2. The van der Waals surface area contributed by atoms with E-state index in [2.05, 4.69) is 20.4 Å². The standard InChI is InChI=1S/C22H20ClF3N4O2/c23-17-7-6-16(22(24,25)26)12-18(17)27-21(31)15-8-10-30(11-9-15)13-19-28-20(29-32-19)14-4-2-1-3-5-14/h1-7,12,15H,8-11,13H2,(H,27,31). The van der Waals surface area contributed by atoms with Crippen molar-refractivity contribution in [2.75, 3.05) is 18.4 Å². The number of carbonyl (C=O) groups is 1. The third kappa shape index (κ3) is 5.28. The van der Waals surface area contributed by atoms with E-state index in [0.717, 1.165) is 23.8 Å². The van der Waals surface area contributed by atoms with Gasteiger partial charge in [-0.05, 0) is 44.1 Å². The number of anilines is 1. The molecule has 0 spiro atoms. The Morgan fingerprint density at radius 2 is 1.88 bits per heavy atom. The van der Waals surface area contributed by atoms with Crippen LogP contribution in [0.2, 0.25) is 5.02 Å². The molecule has 1 fully saturated rings. The summed E-state index contributed by atoms with van der Waals surface area (Å²) in [7, 11) is 0. The van der Waals surface area contributed by atoms with E-state index >= 15 is 0 Å². The van der Waals surface area contributed by atoms with Crippen molar-refractivity contribution in [1.29, 1.82) is 0 Å². The molecule has 1 aliphatic rings. The van der Waals surface area contributed by atoms with Crippen LogP contribution in [0.5, 0.6) is 0 Å². The van der Waals surface area contributed by atoms with E-state index in [1.807, 2.05) is 30.3 Å². The van der Waals surface area contributed by atoms with Crippen molar-refractivity contribution in [3.63, 3.8) is 0 Å². The van der Waals surface area contributed by atoms with Crippen molar-refractivity contribution in [2.45, 2.75) is 25.6 Å². The van der Waals surface area contributed by atoms with Crippen molar-refractivity contribution in [3.8, 4) is 11.4 Å². The second-order valence-electron chi connectivity index (χ2n) is 7.61. The van der Waals surface area contributed by atoms with Crippen LogP contribution in [0.3, 0.4) is 0 Å². The highest BCUT2D eigenvalue weighted by molar-refractivity contribution is 6.33. The summed E-state index contributed by atoms with van der Waals surface area (Å²) in [6, 6.07) is 12.4. The molecule has 2 aromatic carbocycles. The van der Waals surface area contributed by atoms with Crippen molar-refractivity contribution in [3.05, 3.63) is 65.0 Å². The summed E-state index contributed by atoms with van der Waals surface area (Å²) in [5.74, 6) is 0.352. The molecule has 32 heavy (non-hydrogen) atoms. The van der Waals surface area contributed by atoms with Crippen LogP contribution in [-0.4, -0.2) is 34.0 Å². The van der Waals surface area contributed by atoms with Gasteiger partial charge >= 0.3 is 6.18 Å². The molecule has 1 aliphatic heterocycles. The van der Waals surface area contributed by atoms with Gasteiger partial charge in [-0.1, -0.05) is 47.1 Å². The molecule has 0 aliphatic carbocycles. The lowest BCUT2D eigenvalue weighted by Crippen LogP contribution is -2.37. The molecule has 1 N–H and O–H groups in total. The molecule has 10 heteroatoms. The molecule has 0 bridgehead atoms. The van der Waals surface area contributed by atoms with E-state index < -0.39 is 11.7 Å². The molecule has 0 atom stereocenters. The highest BCUT2D eigenvalue weighted by Crippen LogP contribution is 2.34. The second-order valence-corrected chi connectivity index (χ2v) is 8.02. The van der Waals surface area contributed by atoms with E-state index in [9.17, 15) is 18.0 Å². The van der Waals surface area contributed by atoms with Crippen LogP contribution in [-0.2, 0) is 17.5 Å². The maximum Gasteiger partial charge on any atom is 0.416 e. The number of alkyl halides is 3. The van der Waals surface area contributed by atoms with Gasteiger partial charge in [-0.25, -0.2) is 0 Å². The molecule has 168 valence electrons. The molecular weight excluding hydrogens is 445 g/mol. The Morgan fingerprint density at radius 3 is 2.56 bits per heavy atom. The lowest BCUT2D eigenvalue weighted by molar-refractivity contribution is -0.137. The Balaban J connectivity index is 1.31. The summed E-state index contributed by atoms with van der Waals surface area (Å²) < 4.78 is 44.1. The Hall–Kier alpha value is -2.91. The smallest absolute Gasteiger partial charge is 0.338 e. The van der Waals surface area contributed by atoms with Crippen LogP contribution in [0.15, 0.2) is 53.1 Å². The van der Waals surface area contributed by atoms with Gasteiger partial charge in [0, 0.05) is 11.5 Å². The monoisotopic (exact) mass is 464 g/mol. The SMILES string of the molecule is O=C(Nc1cc(C(F)(F)F)ccc1Cl)C1CCN(Cc2nc(-c3ccccc3)no2)CC1. The summed E-state index contributed by atoms with van der Waals surface area (Å²) in [5.41, 5.74) is -0.0270. The van der Waals surface area contributed by atoms with Crippen molar-refractivity contribution < 1.29 is 22.5 Å². The fraction of sp³-hybridized carbons (Fsp3) is 0.318. The van der Waals surface area contributed by atoms with Crippen LogP contribution >= 0.6 is 11.6 Å². The predicted octanol–water partition coefficient (Wildman–Crippen LogP) is 5.26. The molecule has 3 aromatic rings. The van der Waals surface area contributed by atoms with Gasteiger partial charge in [0.15, 0.2) is 0 Å². The highest BCUT2D eigenvalue weighted by atomic mass is 35.5. The number of rotatable bonds is 5. The fourth-order valence-electron chi connectivity index (χ4n) is 3.60. The highest BCUT2D eigenvalue weighted by Gasteiger charge is 2.32. The van der Waals surface area contributed by atoms with E-state index in [1.54, 1.807) is 0 Å². The zero-order valence-electron chi connectivity index (χ0n) is 16.9. The van der Waals surface area contributed by atoms with Gasteiger partial charge in [0.25, 0.3) is 0 Å². The summed E-state index contributed by atoms with van der Waals surface area (Å²) in [6.45, 7) is 1.71. The van der Waals surface area contributed by atoms with Crippen LogP contribution < -0.4 is 5.32 Å². The van der Waals surface area contributed by atoms with E-state index in [1.165, 1.54) is 0 Å². The first-order chi connectivity index (χ1) is 15.3. The van der Waals surface area contributed by atoms with Gasteiger partial charge in [-0.2, -0.15) is 18.2 Å². The first-order valence-corrected chi connectivity index (χ1v) is 10.5. The molecule has 2 heterocycles. The minimum Gasteiger partial charge on any atom is -0.338 e. The molecule has 1 amide bonds. The topological polar surface area (TPSA) is 71.3 Å². The average molecular weight is 465 g/mol. The summed E-state index contributed by atoms with van der Waals surface area (Å²) in [5, 5.41) is 6.62. The minimum absolute atomic E-state index is 0.0341. The fourth-order valence-corrected chi connectivity index (χ4v) is 3.77. The van der Waals surface area contributed by atoms with E-state index in [0.29, 0.717) is 44.2 Å². The van der Waals surface area contributed by atoms with E-state index in [-0.39, 0.29) is 22.5 Å². The number of nitrogens with zero attached hydrogens (tertiary/aromatic N) is 3. The maximum atomic E-state index is 12.9. The number of carbonyl (C=O) groups excluding carboxylic acids is 1. The largest absolute Gasteiger partial charge is 0.416 e. The number of halogens is 4. The van der Waals surface area contributed by atoms with Gasteiger partial charge in [0.2, 0.25) is 17.6 Å². The average Bonchev–Trinajstić information content (AvgIpc) is 3.24. The third-order valence-corrected chi connectivity index (χ3v) is 5.70. The minimum atomic E-state index is -4.51. The van der Waals surface area contributed by atoms with Crippen LogP contribution in [0.1, 0.15) is 24.3 Å². The number of piperidine rings is 1. The number of hydrogen-bond acceptors (Lipinski definition) is 5. The molecular formula is C22H20ClF3N4O2. The van der Waals surface area contributed by atoms with Crippen LogP contribution in [0.25, 0.3) is 11.4 Å². The Morgan fingerprint density at radius 1 is 1.16 bits per heavy atom. The Bertz CT molecular complexity index is 1080. The molecule has 0 saturated carbocycles. The normalized spacial score (nSPS) is 15.6. The van der Waals surface area contributed by atoms with Crippen LogP contribution in [0.4, 0.5) is 18.9 Å². The number of nitrogens with one attached hydrogen (secondary N) is 1. The predicted molar refractivity (Wildman–Crippen MR) is 113 cm³/mol. The number of amides is 1. The van der Waals surface area contributed by atoms with Crippen molar-refractivity contribution in [1.82, 2.24) is 15.0 Å². The number of hydrogen-bond donors (Lipinski definition) is 1. The second kappa shape index (κ2) is 9.30. The van der Waals surface area contributed by atoms with Gasteiger partial charge in [-0.15, -0.1) is 0 Å².